The quantitative estimate of drug-likeness (QED) is 0.807. The molecule has 0 radical (unpaired) electrons. The van der Waals surface area contributed by atoms with Gasteiger partial charge in [-0.1, -0.05) is 37.0 Å². The third-order valence-corrected chi connectivity index (χ3v) is 2.42. The summed E-state index contributed by atoms with van der Waals surface area (Å²) in [6.07, 6.45) is 0. The smallest absolute Gasteiger partial charge is 0.155 e. The molecule has 1 aromatic heterocycles. The van der Waals surface area contributed by atoms with Crippen molar-refractivity contribution in [3.05, 3.63) is 21.9 Å². The summed E-state index contributed by atoms with van der Waals surface area (Å²) in [4.78, 5) is 0. The normalized spacial score (nSPS) is 11.8. The van der Waals surface area contributed by atoms with Gasteiger partial charge in [0.05, 0.1) is 6.61 Å². The summed E-state index contributed by atoms with van der Waals surface area (Å²) >= 11 is 11.7. The Hall–Kier alpha value is -0.380. The van der Waals surface area contributed by atoms with E-state index < -0.39 is 0 Å². The number of hydrogen-bond acceptors (Lipinski definition) is 3. The Morgan fingerprint density at radius 1 is 1.36 bits per heavy atom. The van der Waals surface area contributed by atoms with Crippen molar-refractivity contribution in [2.75, 3.05) is 13.7 Å². The molecule has 0 bridgehead atoms. The van der Waals surface area contributed by atoms with Crippen LogP contribution < -0.4 is 0 Å². The van der Waals surface area contributed by atoms with Gasteiger partial charge >= 0.3 is 0 Å². The summed E-state index contributed by atoms with van der Waals surface area (Å²) in [5.74, 6) is 0. The van der Waals surface area contributed by atoms with Gasteiger partial charge in [-0.3, -0.25) is 0 Å². The molecule has 5 heteroatoms. The Bertz CT molecular complexity index is 329. The van der Waals surface area contributed by atoms with Crippen LogP contribution in [0.1, 0.15) is 19.4 Å². The molecule has 0 unspecified atom stereocenters. The van der Waals surface area contributed by atoms with Crippen molar-refractivity contribution in [3.63, 3.8) is 0 Å². The SMILES string of the molecule is COCC(C)(C)c1cc(Cl)nnc1Cl. The molecule has 1 rings (SSSR count). The van der Waals surface area contributed by atoms with Crippen molar-refractivity contribution in [1.82, 2.24) is 10.2 Å². The summed E-state index contributed by atoms with van der Waals surface area (Å²) in [6, 6.07) is 1.72. The van der Waals surface area contributed by atoms with Gasteiger partial charge in [-0.05, 0) is 6.07 Å². The van der Waals surface area contributed by atoms with Gasteiger partial charge in [-0.15, -0.1) is 10.2 Å². The van der Waals surface area contributed by atoms with Crippen LogP contribution in [0.3, 0.4) is 0 Å². The average molecular weight is 235 g/mol. The van der Waals surface area contributed by atoms with E-state index in [1.54, 1.807) is 13.2 Å². The summed E-state index contributed by atoms with van der Waals surface area (Å²) < 4.78 is 5.11. The van der Waals surface area contributed by atoms with E-state index >= 15 is 0 Å². The zero-order valence-corrected chi connectivity index (χ0v) is 9.85. The lowest BCUT2D eigenvalue weighted by atomic mass is 9.87. The van der Waals surface area contributed by atoms with Gasteiger partial charge < -0.3 is 4.74 Å². The number of hydrogen-bond donors (Lipinski definition) is 0. The van der Waals surface area contributed by atoms with Crippen molar-refractivity contribution in [3.8, 4) is 0 Å². The van der Waals surface area contributed by atoms with Gasteiger partial charge in [-0.2, -0.15) is 0 Å². The minimum Gasteiger partial charge on any atom is -0.384 e. The largest absolute Gasteiger partial charge is 0.384 e. The molecule has 0 aliphatic heterocycles. The maximum Gasteiger partial charge on any atom is 0.155 e. The van der Waals surface area contributed by atoms with Crippen molar-refractivity contribution in [2.24, 2.45) is 0 Å². The molecule has 3 nitrogen and oxygen atoms in total. The zero-order chi connectivity index (χ0) is 10.8. The molecule has 0 amide bonds. The van der Waals surface area contributed by atoms with Crippen LogP contribution in [0.15, 0.2) is 6.07 Å². The minimum absolute atomic E-state index is 0.217. The highest BCUT2D eigenvalue weighted by molar-refractivity contribution is 6.31. The Morgan fingerprint density at radius 3 is 2.57 bits per heavy atom. The third kappa shape index (κ3) is 2.56. The van der Waals surface area contributed by atoms with E-state index in [0.29, 0.717) is 16.9 Å². The molecule has 0 aromatic carbocycles. The maximum absolute atomic E-state index is 5.93. The van der Waals surface area contributed by atoms with E-state index in [1.165, 1.54) is 0 Å². The first kappa shape index (κ1) is 11.7. The van der Waals surface area contributed by atoms with E-state index in [0.717, 1.165) is 5.56 Å². The second-order valence-electron chi connectivity index (χ2n) is 3.69. The van der Waals surface area contributed by atoms with E-state index in [-0.39, 0.29) is 5.41 Å². The van der Waals surface area contributed by atoms with Crippen LogP contribution in [-0.2, 0) is 10.2 Å². The fourth-order valence-corrected chi connectivity index (χ4v) is 1.76. The fourth-order valence-electron chi connectivity index (χ4n) is 1.27. The number of rotatable bonds is 3. The number of aromatic nitrogens is 2. The highest BCUT2D eigenvalue weighted by atomic mass is 35.5. The number of halogens is 2. The summed E-state index contributed by atoms with van der Waals surface area (Å²) in [6.45, 7) is 4.57. The Kier molecular flexibility index (Phi) is 3.70. The standard InChI is InChI=1S/C9H12Cl2N2O/c1-9(2,5-14-3)6-4-7(10)12-13-8(6)11/h4H,5H2,1-3H3. The number of ether oxygens (including phenoxy) is 1. The van der Waals surface area contributed by atoms with Crippen molar-refractivity contribution < 1.29 is 4.74 Å². The third-order valence-electron chi connectivity index (χ3n) is 1.95. The topological polar surface area (TPSA) is 35.0 Å². The molecule has 14 heavy (non-hydrogen) atoms. The van der Waals surface area contributed by atoms with Gasteiger partial charge in [0.1, 0.15) is 0 Å². The summed E-state index contributed by atoms with van der Waals surface area (Å²) in [5.41, 5.74) is 0.631. The van der Waals surface area contributed by atoms with Crippen LogP contribution in [-0.4, -0.2) is 23.9 Å². The van der Waals surface area contributed by atoms with Gasteiger partial charge in [0.15, 0.2) is 10.3 Å². The second-order valence-corrected chi connectivity index (χ2v) is 4.43. The monoisotopic (exact) mass is 234 g/mol. The van der Waals surface area contributed by atoms with Crippen LogP contribution >= 0.6 is 23.2 Å². The lowest BCUT2D eigenvalue weighted by Gasteiger charge is -2.24. The van der Waals surface area contributed by atoms with E-state index in [4.69, 9.17) is 27.9 Å². The molecule has 0 aliphatic carbocycles. The summed E-state index contributed by atoms with van der Waals surface area (Å²) in [5, 5.41) is 8.12. The summed E-state index contributed by atoms with van der Waals surface area (Å²) in [7, 11) is 1.64. The molecule has 0 saturated heterocycles. The first-order chi connectivity index (χ1) is 6.47. The molecule has 0 fully saturated rings. The predicted octanol–water partition coefficient (Wildman–Crippen LogP) is 2.71. The second kappa shape index (κ2) is 4.43. The molecule has 0 N–H and O–H groups in total. The van der Waals surface area contributed by atoms with Gasteiger partial charge in [-0.25, -0.2) is 0 Å². The van der Waals surface area contributed by atoms with E-state index in [2.05, 4.69) is 10.2 Å². The lowest BCUT2D eigenvalue weighted by molar-refractivity contribution is 0.146. The zero-order valence-electron chi connectivity index (χ0n) is 8.34. The van der Waals surface area contributed by atoms with Crippen molar-refractivity contribution >= 4 is 23.2 Å². The Labute approximate surface area is 93.4 Å². The molecule has 0 saturated carbocycles. The number of methoxy groups -OCH3 is 1. The van der Waals surface area contributed by atoms with Crippen LogP contribution in [0.2, 0.25) is 10.3 Å². The van der Waals surface area contributed by atoms with Gasteiger partial charge in [0.25, 0.3) is 0 Å². The van der Waals surface area contributed by atoms with Crippen LogP contribution in [0, 0.1) is 0 Å². The first-order valence-corrected chi connectivity index (χ1v) is 4.91. The molecule has 0 aliphatic rings. The van der Waals surface area contributed by atoms with Crippen molar-refractivity contribution in [1.29, 1.82) is 0 Å². The van der Waals surface area contributed by atoms with E-state index in [1.807, 2.05) is 13.8 Å². The fraction of sp³-hybridized carbons (Fsp3) is 0.556. The minimum atomic E-state index is -0.217. The molecule has 0 atom stereocenters. The lowest BCUT2D eigenvalue weighted by Crippen LogP contribution is -2.24. The highest BCUT2D eigenvalue weighted by Crippen LogP contribution is 2.29. The van der Waals surface area contributed by atoms with Crippen LogP contribution in [0.5, 0.6) is 0 Å². The molecule has 1 heterocycles. The average Bonchev–Trinajstić information content (AvgIpc) is 2.09. The van der Waals surface area contributed by atoms with E-state index in [9.17, 15) is 0 Å². The molecule has 78 valence electrons. The molecular formula is C9H12Cl2N2O. The number of nitrogens with zero attached hydrogens (tertiary/aromatic N) is 2. The molecular weight excluding hydrogens is 223 g/mol. The molecule has 0 spiro atoms. The van der Waals surface area contributed by atoms with Gasteiger partial charge in [0.2, 0.25) is 0 Å². The van der Waals surface area contributed by atoms with Crippen LogP contribution in [0.25, 0.3) is 0 Å². The predicted molar refractivity (Wildman–Crippen MR) is 57.0 cm³/mol. The Balaban J connectivity index is 3.10. The Morgan fingerprint density at radius 2 is 2.00 bits per heavy atom. The van der Waals surface area contributed by atoms with Crippen molar-refractivity contribution in [2.45, 2.75) is 19.3 Å². The highest BCUT2D eigenvalue weighted by Gasteiger charge is 2.24. The first-order valence-electron chi connectivity index (χ1n) is 4.15. The maximum atomic E-state index is 5.93. The van der Waals surface area contributed by atoms with Crippen LogP contribution in [0.4, 0.5) is 0 Å². The molecule has 1 aromatic rings. The van der Waals surface area contributed by atoms with Gasteiger partial charge in [0, 0.05) is 18.1 Å².